The Bertz CT molecular complexity index is 457. The minimum atomic E-state index is 1.27. The van der Waals surface area contributed by atoms with Gasteiger partial charge in [0.2, 0.25) is 0 Å². The highest BCUT2D eigenvalue weighted by Gasteiger charge is 2.18. The SMILES string of the molecule is CN1c2ccccc2[CH]c2ccccc21. The van der Waals surface area contributed by atoms with E-state index in [1.807, 2.05) is 0 Å². The van der Waals surface area contributed by atoms with Crippen molar-refractivity contribution in [3.05, 3.63) is 66.1 Å². The largest absolute Gasteiger partial charge is 0.344 e. The van der Waals surface area contributed by atoms with Crippen LogP contribution in [0, 0.1) is 6.42 Å². The van der Waals surface area contributed by atoms with Gasteiger partial charge in [0.25, 0.3) is 0 Å². The number of benzene rings is 2. The first-order valence-corrected chi connectivity index (χ1v) is 5.13. The lowest BCUT2D eigenvalue weighted by molar-refractivity contribution is 1.14. The highest BCUT2D eigenvalue weighted by atomic mass is 15.1. The van der Waals surface area contributed by atoms with Gasteiger partial charge in [0, 0.05) is 24.8 Å². The van der Waals surface area contributed by atoms with Gasteiger partial charge in [-0.3, -0.25) is 0 Å². The van der Waals surface area contributed by atoms with E-state index in [-0.39, 0.29) is 0 Å². The molecule has 0 amide bonds. The molecule has 0 saturated heterocycles. The number of para-hydroxylation sites is 2. The lowest BCUT2D eigenvalue weighted by Crippen LogP contribution is -2.17. The van der Waals surface area contributed by atoms with Crippen LogP contribution < -0.4 is 4.90 Å². The third-order valence-electron chi connectivity index (χ3n) is 2.91. The summed E-state index contributed by atoms with van der Waals surface area (Å²) < 4.78 is 0. The highest BCUT2D eigenvalue weighted by Crippen LogP contribution is 2.37. The Morgan fingerprint density at radius 1 is 0.733 bits per heavy atom. The fourth-order valence-electron chi connectivity index (χ4n) is 2.13. The van der Waals surface area contributed by atoms with Gasteiger partial charge in [-0.2, -0.15) is 0 Å². The second-order valence-corrected chi connectivity index (χ2v) is 3.82. The van der Waals surface area contributed by atoms with E-state index in [1.54, 1.807) is 0 Å². The molecule has 3 rings (SSSR count). The number of hydrogen-bond acceptors (Lipinski definition) is 1. The molecule has 2 aromatic carbocycles. The highest BCUT2D eigenvalue weighted by molar-refractivity contribution is 5.77. The average molecular weight is 194 g/mol. The van der Waals surface area contributed by atoms with E-state index >= 15 is 0 Å². The third kappa shape index (κ3) is 1.23. The van der Waals surface area contributed by atoms with Crippen molar-refractivity contribution in [3.63, 3.8) is 0 Å². The smallest absolute Gasteiger partial charge is 0.0447 e. The van der Waals surface area contributed by atoms with Gasteiger partial charge in [-0.25, -0.2) is 0 Å². The molecule has 1 heterocycles. The standard InChI is InChI=1S/C14H12N/c1-15-13-8-4-2-6-11(13)10-12-7-3-5-9-14(12)15/h2-10H,1H3. The second kappa shape index (κ2) is 3.13. The second-order valence-electron chi connectivity index (χ2n) is 3.82. The first kappa shape index (κ1) is 8.54. The molecular weight excluding hydrogens is 182 g/mol. The average Bonchev–Trinajstić information content (AvgIpc) is 2.30. The zero-order valence-corrected chi connectivity index (χ0v) is 8.64. The van der Waals surface area contributed by atoms with Crippen molar-refractivity contribution in [2.75, 3.05) is 11.9 Å². The quantitative estimate of drug-likeness (QED) is 0.621. The molecule has 1 aliphatic heterocycles. The molecule has 1 radical (unpaired) electrons. The van der Waals surface area contributed by atoms with Crippen LogP contribution in [0.25, 0.3) is 0 Å². The molecule has 73 valence electrons. The molecule has 1 heteroatoms. The van der Waals surface area contributed by atoms with E-state index in [0.29, 0.717) is 0 Å². The molecule has 1 aliphatic rings. The molecular formula is C14H12N. The summed E-state index contributed by atoms with van der Waals surface area (Å²) in [6, 6.07) is 16.9. The predicted octanol–water partition coefficient (Wildman–Crippen LogP) is 3.37. The van der Waals surface area contributed by atoms with Gasteiger partial charge in [-0.15, -0.1) is 0 Å². The Morgan fingerprint density at radius 3 is 1.73 bits per heavy atom. The van der Waals surface area contributed by atoms with Crippen molar-refractivity contribution >= 4 is 11.4 Å². The molecule has 0 fully saturated rings. The Hall–Kier alpha value is -1.76. The van der Waals surface area contributed by atoms with Crippen LogP contribution in [0.15, 0.2) is 48.5 Å². The number of nitrogens with zero attached hydrogens (tertiary/aromatic N) is 1. The maximum atomic E-state index is 2.24. The zero-order chi connectivity index (χ0) is 10.3. The maximum Gasteiger partial charge on any atom is 0.0447 e. The van der Waals surface area contributed by atoms with Gasteiger partial charge >= 0.3 is 0 Å². The molecule has 2 aromatic rings. The number of rotatable bonds is 0. The summed E-state index contributed by atoms with van der Waals surface area (Å²) in [5, 5.41) is 0. The topological polar surface area (TPSA) is 3.24 Å². The van der Waals surface area contributed by atoms with Crippen molar-refractivity contribution in [2.24, 2.45) is 0 Å². The van der Waals surface area contributed by atoms with Crippen LogP contribution in [-0.4, -0.2) is 7.05 Å². The van der Waals surface area contributed by atoms with Crippen LogP contribution in [0.1, 0.15) is 11.1 Å². The lowest BCUT2D eigenvalue weighted by Gasteiger charge is -2.29. The number of hydrogen-bond donors (Lipinski definition) is 0. The Balaban J connectivity index is 2.20. The lowest BCUT2D eigenvalue weighted by atomic mass is 9.96. The third-order valence-corrected chi connectivity index (χ3v) is 2.91. The summed E-state index contributed by atoms with van der Waals surface area (Å²) in [5.74, 6) is 0. The molecule has 0 bridgehead atoms. The molecule has 0 saturated carbocycles. The fraction of sp³-hybridized carbons (Fsp3) is 0.0714. The van der Waals surface area contributed by atoms with Crippen LogP contribution >= 0.6 is 0 Å². The molecule has 15 heavy (non-hydrogen) atoms. The summed E-state index contributed by atoms with van der Waals surface area (Å²) in [6.07, 6.45) is 2.24. The van der Waals surface area contributed by atoms with Crippen LogP contribution in [0.2, 0.25) is 0 Å². The van der Waals surface area contributed by atoms with Gasteiger partial charge in [0.1, 0.15) is 0 Å². The minimum absolute atomic E-state index is 1.27. The van der Waals surface area contributed by atoms with Crippen molar-refractivity contribution in [1.29, 1.82) is 0 Å². The van der Waals surface area contributed by atoms with Crippen molar-refractivity contribution < 1.29 is 0 Å². The van der Waals surface area contributed by atoms with Crippen molar-refractivity contribution in [3.8, 4) is 0 Å². The molecule has 0 unspecified atom stereocenters. The van der Waals surface area contributed by atoms with E-state index in [1.165, 1.54) is 22.5 Å². The molecule has 0 aromatic heterocycles. The number of fused-ring (bicyclic) bond motifs is 2. The fourth-order valence-corrected chi connectivity index (χ4v) is 2.13. The first-order valence-electron chi connectivity index (χ1n) is 5.13. The maximum absolute atomic E-state index is 2.24. The molecule has 0 N–H and O–H groups in total. The Morgan fingerprint density at radius 2 is 1.20 bits per heavy atom. The normalized spacial score (nSPS) is 13.3. The van der Waals surface area contributed by atoms with E-state index in [0.717, 1.165) is 0 Å². The zero-order valence-electron chi connectivity index (χ0n) is 8.64. The predicted molar refractivity (Wildman–Crippen MR) is 63.5 cm³/mol. The summed E-state index contributed by atoms with van der Waals surface area (Å²) in [6.45, 7) is 0. The van der Waals surface area contributed by atoms with Crippen LogP contribution in [0.3, 0.4) is 0 Å². The van der Waals surface area contributed by atoms with Crippen molar-refractivity contribution in [2.45, 2.75) is 0 Å². The van der Waals surface area contributed by atoms with Gasteiger partial charge in [0.05, 0.1) is 0 Å². The van der Waals surface area contributed by atoms with E-state index in [9.17, 15) is 0 Å². The van der Waals surface area contributed by atoms with Gasteiger partial charge < -0.3 is 4.90 Å². The Kier molecular flexibility index (Phi) is 1.78. The van der Waals surface area contributed by atoms with Crippen LogP contribution in [0.4, 0.5) is 11.4 Å². The molecule has 0 aliphatic carbocycles. The first-order chi connectivity index (χ1) is 7.36. The van der Waals surface area contributed by atoms with E-state index < -0.39 is 0 Å². The van der Waals surface area contributed by atoms with Gasteiger partial charge in [-0.05, 0) is 23.3 Å². The van der Waals surface area contributed by atoms with E-state index in [4.69, 9.17) is 0 Å². The van der Waals surface area contributed by atoms with E-state index in [2.05, 4.69) is 66.9 Å². The monoisotopic (exact) mass is 194 g/mol. The van der Waals surface area contributed by atoms with Crippen molar-refractivity contribution in [1.82, 2.24) is 0 Å². The molecule has 1 nitrogen and oxygen atoms in total. The van der Waals surface area contributed by atoms with Crippen LogP contribution in [-0.2, 0) is 0 Å². The molecule has 0 spiro atoms. The number of anilines is 2. The minimum Gasteiger partial charge on any atom is -0.344 e. The summed E-state index contributed by atoms with van der Waals surface area (Å²) in [7, 11) is 2.12. The van der Waals surface area contributed by atoms with Gasteiger partial charge in [0.15, 0.2) is 0 Å². The summed E-state index contributed by atoms with van der Waals surface area (Å²) in [4.78, 5) is 2.24. The Labute approximate surface area is 90.0 Å². The summed E-state index contributed by atoms with van der Waals surface area (Å²) >= 11 is 0. The summed E-state index contributed by atoms with van der Waals surface area (Å²) in [5.41, 5.74) is 5.13. The van der Waals surface area contributed by atoms with Gasteiger partial charge in [-0.1, -0.05) is 36.4 Å². The molecule has 0 atom stereocenters. The van der Waals surface area contributed by atoms with Crippen LogP contribution in [0.5, 0.6) is 0 Å².